The van der Waals surface area contributed by atoms with E-state index < -0.39 is 0 Å². The summed E-state index contributed by atoms with van der Waals surface area (Å²) >= 11 is 3.89. The number of carbonyl (C=O) groups excluding carboxylic acids is 1. The lowest BCUT2D eigenvalue weighted by Crippen LogP contribution is -2.03. The van der Waals surface area contributed by atoms with Gasteiger partial charge in [-0.05, 0) is 11.1 Å². The Bertz CT molecular complexity index is 279. The molecule has 3 heteroatoms. The highest BCUT2D eigenvalue weighted by atomic mass is 32.1. The second-order valence-electron chi connectivity index (χ2n) is 2.85. The molecule has 0 amide bonds. The standard InChI is InChI=1S/C10H12O2S/c11-6-9-3-1-8(2-4-9)5-10(12)7-13/h1-4,11,13H,5-7H2. The number of benzene rings is 1. The van der Waals surface area contributed by atoms with Gasteiger partial charge < -0.3 is 5.11 Å². The molecule has 1 rings (SSSR count). The molecule has 1 aromatic rings. The van der Waals surface area contributed by atoms with Crippen LogP contribution in [-0.2, 0) is 17.8 Å². The van der Waals surface area contributed by atoms with Crippen molar-refractivity contribution < 1.29 is 9.90 Å². The van der Waals surface area contributed by atoms with Gasteiger partial charge in [-0.2, -0.15) is 12.6 Å². The smallest absolute Gasteiger partial charge is 0.146 e. The van der Waals surface area contributed by atoms with E-state index in [4.69, 9.17) is 5.11 Å². The molecule has 0 aliphatic carbocycles. The van der Waals surface area contributed by atoms with Crippen LogP contribution in [0.4, 0.5) is 0 Å². The summed E-state index contributed by atoms with van der Waals surface area (Å²) in [6.45, 7) is 0.0425. The van der Waals surface area contributed by atoms with Crippen molar-refractivity contribution in [3.8, 4) is 0 Å². The molecule has 0 unspecified atom stereocenters. The number of rotatable bonds is 4. The zero-order chi connectivity index (χ0) is 9.68. The van der Waals surface area contributed by atoms with Crippen LogP contribution in [-0.4, -0.2) is 16.6 Å². The van der Waals surface area contributed by atoms with Crippen LogP contribution in [0.15, 0.2) is 24.3 Å². The molecule has 13 heavy (non-hydrogen) atoms. The number of aliphatic hydroxyl groups is 1. The Morgan fingerprint density at radius 3 is 2.23 bits per heavy atom. The van der Waals surface area contributed by atoms with Gasteiger partial charge in [0.25, 0.3) is 0 Å². The van der Waals surface area contributed by atoms with Crippen molar-refractivity contribution in [1.29, 1.82) is 0 Å². The van der Waals surface area contributed by atoms with E-state index in [-0.39, 0.29) is 18.1 Å². The number of hydrogen-bond acceptors (Lipinski definition) is 3. The van der Waals surface area contributed by atoms with Gasteiger partial charge in [-0.25, -0.2) is 0 Å². The number of aliphatic hydroxyl groups excluding tert-OH is 1. The van der Waals surface area contributed by atoms with Gasteiger partial charge in [0.05, 0.1) is 6.61 Å². The van der Waals surface area contributed by atoms with Gasteiger partial charge in [0.1, 0.15) is 5.78 Å². The summed E-state index contributed by atoms with van der Waals surface area (Å²) < 4.78 is 0. The van der Waals surface area contributed by atoms with E-state index in [1.807, 2.05) is 24.3 Å². The maximum Gasteiger partial charge on any atom is 0.146 e. The third kappa shape index (κ3) is 3.20. The van der Waals surface area contributed by atoms with Crippen LogP contribution in [0.2, 0.25) is 0 Å². The molecule has 1 aromatic carbocycles. The third-order valence-electron chi connectivity index (χ3n) is 1.78. The Labute approximate surface area is 83.0 Å². The van der Waals surface area contributed by atoms with E-state index in [1.165, 1.54) is 0 Å². The van der Waals surface area contributed by atoms with Crippen molar-refractivity contribution in [2.75, 3.05) is 5.75 Å². The van der Waals surface area contributed by atoms with Crippen LogP contribution in [0.1, 0.15) is 11.1 Å². The van der Waals surface area contributed by atoms with E-state index in [0.717, 1.165) is 11.1 Å². The topological polar surface area (TPSA) is 37.3 Å². The highest BCUT2D eigenvalue weighted by molar-refractivity contribution is 7.81. The van der Waals surface area contributed by atoms with Crippen molar-refractivity contribution in [3.63, 3.8) is 0 Å². The summed E-state index contributed by atoms with van der Waals surface area (Å²) in [6.07, 6.45) is 0.426. The molecule has 0 bridgehead atoms. The first-order valence-corrected chi connectivity index (χ1v) is 4.70. The van der Waals surface area contributed by atoms with Crippen molar-refractivity contribution in [2.45, 2.75) is 13.0 Å². The predicted octanol–water partition coefficient (Wildman–Crippen LogP) is 1.22. The first-order chi connectivity index (χ1) is 6.26. The Hall–Kier alpha value is -0.800. The van der Waals surface area contributed by atoms with E-state index in [9.17, 15) is 4.79 Å². The minimum absolute atomic E-state index is 0.0425. The predicted molar refractivity (Wildman–Crippen MR) is 54.9 cm³/mol. The molecule has 0 atom stereocenters. The maximum atomic E-state index is 11.0. The first kappa shape index (κ1) is 10.3. The molecule has 1 N–H and O–H groups in total. The average molecular weight is 196 g/mol. The molecule has 0 aromatic heterocycles. The fourth-order valence-corrected chi connectivity index (χ4v) is 1.16. The molecule has 0 spiro atoms. The normalized spacial score (nSPS) is 10.0. The monoisotopic (exact) mass is 196 g/mol. The summed E-state index contributed by atoms with van der Waals surface area (Å²) in [7, 11) is 0. The zero-order valence-electron chi connectivity index (χ0n) is 7.23. The van der Waals surface area contributed by atoms with E-state index >= 15 is 0 Å². The highest BCUT2D eigenvalue weighted by Gasteiger charge is 2.00. The lowest BCUT2D eigenvalue weighted by molar-refractivity contribution is -0.115. The van der Waals surface area contributed by atoms with Gasteiger partial charge in [-0.1, -0.05) is 24.3 Å². The van der Waals surface area contributed by atoms with Crippen LogP contribution in [0.3, 0.4) is 0 Å². The Balaban J connectivity index is 2.64. The fraction of sp³-hybridized carbons (Fsp3) is 0.300. The van der Waals surface area contributed by atoms with Gasteiger partial charge in [0.2, 0.25) is 0 Å². The number of ketones is 1. The summed E-state index contributed by atoms with van der Waals surface area (Å²) in [5, 5.41) is 8.78. The molecular weight excluding hydrogens is 184 g/mol. The van der Waals surface area contributed by atoms with Crippen molar-refractivity contribution in [1.82, 2.24) is 0 Å². The maximum absolute atomic E-state index is 11.0. The molecule has 2 nitrogen and oxygen atoms in total. The van der Waals surface area contributed by atoms with E-state index in [2.05, 4.69) is 12.6 Å². The minimum atomic E-state index is 0.0425. The Morgan fingerprint density at radius 2 is 1.77 bits per heavy atom. The van der Waals surface area contributed by atoms with Crippen molar-refractivity contribution >= 4 is 18.4 Å². The number of carbonyl (C=O) groups is 1. The van der Waals surface area contributed by atoms with Gasteiger partial charge >= 0.3 is 0 Å². The lowest BCUT2D eigenvalue weighted by Gasteiger charge is -2.00. The zero-order valence-corrected chi connectivity index (χ0v) is 8.13. The number of hydrogen-bond donors (Lipinski definition) is 2. The molecule has 70 valence electrons. The Morgan fingerprint density at radius 1 is 1.23 bits per heavy atom. The molecule has 0 aliphatic rings. The molecule has 0 heterocycles. The van der Waals surface area contributed by atoms with Crippen LogP contribution in [0.5, 0.6) is 0 Å². The minimum Gasteiger partial charge on any atom is -0.392 e. The van der Waals surface area contributed by atoms with E-state index in [1.54, 1.807) is 0 Å². The first-order valence-electron chi connectivity index (χ1n) is 4.07. The van der Waals surface area contributed by atoms with Crippen LogP contribution in [0.25, 0.3) is 0 Å². The molecule has 0 aliphatic heterocycles. The number of thiol groups is 1. The van der Waals surface area contributed by atoms with Crippen LogP contribution in [0, 0.1) is 0 Å². The second kappa shape index (κ2) is 5.04. The van der Waals surface area contributed by atoms with Gasteiger partial charge in [-0.3, -0.25) is 4.79 Å². The molecular formula is C10H12O2S. The highest BCUT2D eigenvalue weighted by Crippen LogP contribution is 2.05. The lowest BCUT2D eigenvalue weighted by atomic mass is 10.1. The molecule has 0 radical (unpaired) electrons. The van der Waals surface area contributed by atoms with Crippen LogP contribution < -0.4 is 0 Å². The summed E-state index contributed by atoms with van der Waals surface area (Å²) in [6, 6.07) is 7.35. The van der Waals surface area contributed by atoms with Gasteiger partial charge in [-0.15, -0.1) is 0 Å². The largest absolute Gasteiger partial charge is 0.392 e. The number of Topliss-reactive ketones (excluding diaryl/α,β-unsaturated/α-hetero) is 1. The van der Waals surface area contributed by atoms with E-state index in [0.29, 0.717) is 6.42 Å². The quantitative estimate of drug-likeness (QED) is 0.710. The second-order valence-corrected chi connectivity index (χ2v) is 3.16. The summed E-state index contributed by atoms with van der Waals surface area (Å²) in [5.41, 5.74) is 1.83. The molecule has 0 fully saturated rings. The SMILES string of the molecule is O=C(CS)Cc1ccc(CO)cc1. The third-order valence-corrected chi connectivity index (χ3v) is 2.14. The van der Waals surface area contributed by atoms with Crippen LogP contribution >= 0.6 is 12.6 Å². The average Bonchev–Trinajstić information content (AvgIpc) is 2.19. The molecule has 0 saturated heterocycles. The van der Waals surface area contributed by atoms with Crippen molar-refractivity contribution in [2.24, 2.45) is 0 Å². The summed E-state index contributed by atoms with van der Waals surface area (Å²) in [4.78, 5) is 11.0. The van der Waals surface area contributed by atoms with Gasteiger partial charge in [0, 0.05) is 12.2 Å². The Kier molecular flexibility index (Phi) is 3.99. The van der Waals surface area contributed by atoms with Gasteiger partial charge in [0.15, 0.2) is 0 Å². The summed E-state index contributed by atoms with van der Waals surface area (Å²) in [5.74, 6) is 0.391. The molecule has 0 saturated carbocycles. The fourth-order valence-electron chi connectivity index (χ4n) is 1.05. The van der Waals surface area contributed by atoms with Crippen molar-refractivity contribution in [3.05, 3.63) is 35.4 Å².